The lowest BCUT2D eigenvalue weighted by atomic mass is 9.96. The summed E-state index contributed by atoms with van der Waals surface area (Å²) < 4.78 is 1.25. The maximum atomic E-state index is 12.6. The second kappa shape index (κ2) is 8.09. The number of hydrogen-bond acceptors (Lipinski definition) is 5. The molecule has 6 heteroatoms. The summed E-state index contributed by atoms with van der Waals surface area (Å²) in [4.78, 5) is 19.7. The maximum absolute atomic E-state index is 12.6. The number of fused-ring (bicyclic) bond motifs is 1. The van der Waals surface area contributed by atoms with Gasteiger partial charge in [-0.3, -0.25) is 9.69 Å². The molecule has 0 aliphatic carbocycles. The van der Waals surface area contributed by atoms with E-state index in [0.29, 0.717) is 11.5 Å². The number of aromatic nitrogens is 1. The third kappa shape index (κ3) is 3.91. The van der Waals surface area contributed by atoms with Crippen molar-refractivity contribution in [2.75, 3.05) is 18.4 Å². The molecule has 1 N–H and O–H groups in total. The average molecular weight is 391 g/mol. The maximum Gasteiger partial charge on any atom is 0.241 e. The molecule has 2 aromatic carbocycles. The van der Waals surface area contributed by atoms with Gasteiger partial charge in [0.05, 0.1) is 32.9 Å². The van der Waals surface area contributed by atoms with Crippen LogP contribution in [0, 0.1) is 11.3 Å². The van der Waals surface area contributed by atoms with Crippen LogP contribution in [0.3, 0.4) is 0 Å². The first kappa shape index (κ1) is 18.6. The van der Waals surface area contributed by atoms with Gasteiger partial charge in [-0.1, -0.05) is 12.1 Å². The molecule has 1 fully saturated rings. The molecule has 0 radical (unpaired) electrons. The Balaban J connectivity index is 1.34. The molecule has 4 rings (SSSR count). The van der Waals surface area contributed by atoms with E-state index in [1.165, 1.54) is 9.71 Å². The van der Waals surface area contributed by atoms with Crippen molar-refractivity contribution in [3.05, 3.63) is 59.1 Å². The highest BCUT2D eigenvalue weighted by molar-refractivity contribution is 7.18. The van der Waals surface area contributed by atoms with E-state index in [4.69, 9.17) is 10.2 Å². The third-order valence-electron chi connectivity index (χ3n) is 5.40. The zero-order chi connectivity index (χ0) is 19.5. The van der Waals surface area contributed by atoms with Crippen molar-refractivity contribution in [2.24, 2.45) is 0 Å². The fourth-order valence-corrected chi connectivity index (χ4v) is 4.78. The zero-order valence-corrected chi connectivity index (χ0v) is 16.6. The number of amides is 1. The molecular weight excluding hydrogens is 368 g/mol. The summed E-state index contributed by atoms with van der Waals surface area (Å²) in [5.74, 6) is 0.464. The van der Waals surface area contributed by atoms with Gasteiger partial charge in [-0.05, 0) is 69.3 Å². The predicted molar refractivity (Wildman–Crippen MR) is 112 cm³/mol. The molecule has 0 unspecified atom stereocenters. The number of thiazole rings is 1. The van der Waals surface area contributed by atoms with Gasteiger partial charge >= 0.3 is 0 Å². The molecule has 1 aromatic heterocycles. The Hall–Kier alpha value is -2.75. The number of para-hydroxylation sites is 1. The zero-order valence-electron chi connectivity index (χ0n) is 15.8. The molecule has 1 amide bonds. The first-order valence-corrected chi connectivity index (χ1v) is 10.4. The number of rotatable bonds is 4. The molecule has 0 bridgehead atoms. The first-order valence-electron chi connectivity index (χ1n) is 9.54. The summed E-state index contributed by atoms with van der Waals surface area (Å²) in [5.41, 5.74) is 2.39. The van der Waals surface area contributed by atoms with Crippen LogP contribution in [0.2, 0.25) is 0 Å². The summed E-state index contributed by atoms with van der Waals surface area (Å²) in [6.07, 6.45) is 2.04. The number of carbonyl (C=O) groups excluding carboxylic acids is 1. The molecule has 2 heterocycles. The lowest BCUT2D eigenvalue weighted by Gasteiger charge is -2.34. The van der Waals surface area contributed by atoms with E-state index in [1.807, 2.05) is 13.0 Å². The first-order chi connectivity index (χ1) is 13.6. The summed E-state index contributed by atoms with van der Waals surface area (Å²) in [6.45, 7) is 3.74. The van der Waals surface area contributed by atoms with E-state index in [1.54, 1.807) is 35.6 Å². The fraction of sp³-hybridized carbons (Fsp3) is 0.318. The van der Waals surface area contributed by atoms with E-state index in [-0.39, 0.29) is 11.9 Å². The van der Waals surface area contributed by atoms with Gasteiger partial charge in [0.2, 0.25) is 5.91 Å². The van der Waals surface area contributed by atoms with E-state index in [2.05, 4.69) is 34.5 Å². The number of nitrogens with zero attached hydrogens (tertiary/aromatic N) is 3. The molecule has 0 spiro atoms. The number of nitrogens with one attached hydrogen (secondary N) is 1. The van der Waals surface area contributed by atoms with Crippen molar-refractivity contribution in [1.82, 2.24) is 9.88 Å². The van der Waals surface area contributed by atoms with E-state index >= 15 is 0 Å². The van der Waals surface area contributed by atoms with Crippen LogP contribution >= 0.6 is 11.3 Å². The molecule has 3 aromatic rings. The standard InChI is InChI=1S/C22H22N4OS/c1-15(21(27)24-18-8-6-16(14-23)7-9-18)26-12-10-17(11-13-26)22-25-19-4-2-3-5-20(19)28-22/h2-9,15,17H,10-13H2,1H3,(H,24,27)/t15-/m1/s1. The van der Waals surface area contributed by atoms with Gasteiger partial charge in [-0.2, -0.15) is 5.26 Å². The van der Waals surface area contributed by atoms with Crippen molar-refractivity contribution >= 4 is 33.1 Å². The van der Waals surface area contributed by atoms with Crippen molar-refractivity contribution in [1.29, 1.82) is 5.26 Å². The van der Waals surface area contributed by atoms with E-state index in [9.17, 15) is 4.79 Å². The van der Waals surface area contributed by atoms with Crippen molar-refractivity contribution in [3.63, 3.8) is 0 Å². The highest BCUT2D eigenvalue weighted by atomic mass is 32.1. The highest BCUT2D eigenvalue weighted by Crippen LogP contribution is 2.34. The third-order valence-corrected chi connectivity index (χ3v) is 6.60. The van der Waals surface area contributed by atoms with E-state index in [0.717, 1.165) is 37.1 Å². The molecule has 0 saturated carbocycles. The van der Waals surface area contributed by atoms with Gasteiger partial charge in [0.25, 0.3) is 0 Å². The average Bonchev–Trinajstić information content (AvgIpc) is 3.18. The lowest BCUT2D eigenvalue weighted by molar-refractivity contribution is -0.121. The SMILES string of the molecule is C[C@H](C(=O)Nc1ccc(C#N)cc1)N1CCC(c2nc3ccccc3s2)CC1. The van der Waals surface area contributed by atoms with Gasteiger partial charge in [-0.25, -0.2) is 4.98 Å². The van der Waals surface area contributed by atoms with Gasteiger partial charge in [-0.15, -0.1) is 11.3 Å². The molecule has 28 heavy (non-hydrogen) atoms. The van der Waals surface area contributed by atoms with Gasteiger partial charge < -0.3 is 5.32 Å². The summed E-state index contributed by atoms with van der Waals surface area (Å²) in [5, 5.41) is 13.0. The monoisotopic (exact) mass is 390 g/mol. The number of carbonyl (C=O) groups is 1. The van der Waals surface area contributed by atoms with Crippen LogP contribution in [-0.4, -0.2) is 34.9 Å². The minimum absolute atomic E-state index is 0.0110. The largest absolute Gasteiger partial charge is 0.325 e. The van der Waals surface area contributed by atoms with Crippen LogP contribution < -0.4 is 5.32 Å². The highest BCUT2D eigenvalue weighted by Gasteiger charge is 2.28. The summed E-state index contributed by atoms with van der Waals surface area (Å²) in [7, 11) is 0. The fourth-order valence-electron chi connectivity index (χ4n) is 3.64. The van der Waals surface area contributed by atoms with Crippen LogP contribution in [0.4, 0.5) is 5.69 Å². The Morgan fingerprint density at radius 3 is 2.61 bits per heavy atom. The van der Waals surface area contributed by atoms with Crippen LogP contribution in [0.15, 0.2) is 48.5 Å². The number of benzene rings is 2. The van der Waals surface area contributed by atoms with Crippen LogP contribution in [-0.2, 0) is 4.79 Å². The predicted octanol–water partition coefficient (Wildman–Crippen LogP) is 4.37. The minimum Gasteiger partial charge on any atom is -0.325 e. The Labute approximate surface area is 168 Å². The van der Waals surface area contributed by atoms with Gasteiger partial charge in [0, 0.05) is 11.6 Å². The number of anilines is 1. The number of hydrogen-bond donors (Lipinski definition) is 1. The van der Waals surface area contributed by atoms with Crippen LogP contribution in [0.5, 0.6) is 0 Å². The van der Waals surface area contributed by atoms with Crippen molar-refractivity contribution in [2.45, 2.75) is 31.7 Å². The van der Waals surface area contributed by atoms with Crippen molar-refractivity contribution in [3.8, 4) is 6.07 Å². The molecule has 1 saturated heterocycles. The normalized spacial score (nSPS) is 16.6. The summed E-state index contributed by atoms with van der Waals surface area (Å²) in [6, 6.07) is 17.1. The molecule has 1 aliphatic rings. The molecule has 142 valence electrons. The number of nitriles is 1. The molecule has 5 nitrogen and oxygen atoms in total. The molecule has 1 aliphatic heterocycles. The van der Waals surface area contributed by atoms with Gasteiger partial charge in [0.1, 0.15) is 0 Å². The topological polar surface area (TPSA) is 69.0 Å². The number of likely N-dealkylation sites (tertiary alicyclic amines) is 1. The minimum atomic E-state index is -0.188. The molecular formula is C22H22N4OS. The second-order valence-corrected chi connectivity index (χ2v) is 8.25. The lowest BCUT2D eigenvalue weighted by Crippen LogP contribution is -2.45. The van der Waals surface area contributed by atoms with E-state index < -0.39 is 0 Å². The Kier molecular flexibility index (Phi) is 5.38. The Morgan fingerprint density at radius 1 is 1.21 bits per heavy atom. The van der Waals surface area contributed by atoms with Crippen LogP contribution in [0.1, 0.15) is 36.3 Å². The number of piperidine rings is 1. The summed E-state index contributed by atoms with van der Waals surface area (Å²) >= 11 is 1.79. The Morgan fingerprint density at radius 2 is 1.93 bits per heavy atom. The van der Waals surface area contributed by atoms with Crippen LogP contribution in [0.25, 0.3) is 10.2 Å². The molecule has 1 atom stereocenters. The van der Waals surface area contributed by atoms with Crippen molar-refractivity contribution < 1.29 is 4.79 Å². The Bertz CT molecular complexity index is 980. The second-order valence-electron chi connectivity index (χ2n) is 7.18. The quantitative estimate of drug-likeness (QED) is 0.718. The van der Waals surface area contributed by atoms with Gasteiger partial charge in [0.15, 0.2) is 0 Å². The smallest absolute Gasteiger partial charge is 0.241 e.